The molecule has 1 fully saturated rings. The fourth-order valence-electron chi connectivity index (χ4n) is 2.49. The summed E-state index contributed by atoms with van der Waals surface area (Å²) in [6.07, 6.45) is 5.47. The van der Waals surface area contributed by atoms with Gasteiger partial charge in [-0.25, -0.2) is 0 Å². The lowest BCUT2D eigenvalue weighted by Crippen LogP contribution is -2.41. The molecule has 0 aliphatic carbocycles. The third kappa shape index (κ3) is 3.87. The van der Waals surface area contributed by atoms with Crippen LogP contribution >= 0.6 is 0 Å². The van der Waals surface area contributed by atoms with E-state index in [4.69, 9.17) is 5.11 Å². The molecule has 1 atom stereocenters. The molecule has 0 aromatic carbocycles. The Labute approximate surface area is 118 Å². The largest absolute Gasteiger partial charge is 0.396 e. The number of nitrogens with zero attached hydrogens (tertiary/aromatic N) is 2. The molecule has 108 valence electrons. The van der Waals surface area contributed by atoms with Crippen molar-refractivity contribution in [3.63, 3.8) is 0 Å². The van der Waals surface area contributed by atoms with E-state index < -0.39 is 0 Å². The van der Waals surface area contributed by atoms with Crippen LogP contribution in [-0.4, -0.2) is 46.4 Å². The SMILES string of the molecule is O=C(CCC(=O)N1CCCC(CO)C1)c1cccnc1. The molecule has 2 heterocycles. The highest BCUT2D eigenvalue weighted by Gasteiger charge is 2.23. The Morgan fingerprint density at radius 3 is 2.95 bits per heavy atom. The van der Waals surface area contributed by atoms with Gasteiger partial charge in [-0.3, -0.25) is 14.6 Å². The van der Waals surface area contributed by atoms with Crippen molar-refractivity contribution in [3.8, 4) is 0 Å². The standard InChI is InChI=1S/C15H20N2O3/c18-11-12-3-2-8-17(10-12)15(20)6-5-14(19)13-4-1-7-16-9-13/h1,4,7,9,12,18H,2-3,5-6,8,10-11H2. The number of aromatic nitrogens is 1. The summed E-state index contributed by atoms with van der Waals surface area (Å²) >= 11 is 0. The third-order valence-corrected chi connectivity index (χ3v) is 3.68. The maximum Gasteiger partial charge on any atom is 0.223 e. The first-order valence-corrected chi connectivity index (χ1v) is 7.02. The maximum atomic E-state index is 12.1. The molecule has 0 bridgehead atoms. The molecular weight excluding hydrogens is 256 g/mol. The number of hydrogen-bond acceptors (Lipinski definition) is 4. The Bertz CT molecular complexity index is 461. The van der Waals surface area contributed by atoms with Gasteiger partial charge in [-0.15, -0.1) is 0 Å². The van der Waals surface area contributed by atoms with Crippen molar-refractivity contribution in [1.29, 1.82) is 0 Å². The highest BCUT2D eigenvalue weighted by atomic mass is 16.3. The Morgan fingerprint density at radius 2 is 2.25 bits per heavy atom. The van der Waals surface area contributed by atoms with Gasteiger partial charge in [0, 0.05) is 50.5 Å². The Kier molecular flexibility index (Phi) is 5.24. The number of aliphatic hydroxyl groups is 1. The van der Waals surface area contributed by atoms with Crippen LogP contribution in [0.25, 0.3) is 0 Å². The van der Waals surface area contributed by atoms with E-state index in [1.807, 2.05) is 0 Å². The van der Waals surface area contributed by atoms with Crippen LogP contribution in [0.5, 0.6) is 0 Å². The summed E-state index contributed by atoms with van der Waals surface area (Å²) in [5.74, 6) is 0.129. The highest BCUT2D eigenvalue weighted by molar-refractivity contribution is 5.97. The van der Waals surface area contributed by atoms with E-state index in [1.54, 1.807) is 23.2 Å². The normalized spacial score (nSPS) is 18.9. The van der Waals surface area contributed by atoms with Crippen molar-refractivity contribution in [3.05, 3.63) is 30.1 Å². The zero-order valence-electron chi connectivity index (χ0n) is 11.5. The van der Waals surface area contributed by atoms with E-state index >= 15 is 0 Å². The molecule has 5 nitrogen and oxygen atoms in total. The molecule has 5 heteroatoms. The summed E-state index contributed by atoms with van der Waals surface area (Å²) in [5.41, 5.74) is 0.548. The molecular formula is C15H20N2O3. The average molecular weight is 276 g/mol. The van der Waals surface area contributed by atoms with E-state index in [-0.39, 0.29) is 37.1 Å². The summed E-state index contributed by atoms with van der Waals surface area (Å²) in [6.45, 7) is 1.46. The van der Waals surface area contributed by atoms with Crippen LogP contribution in [0.2, 0.25) is 0 Å². The van der Waals surface area contributed by atoms with Crippen molar-refractivity contribution in [1.82, 2.24) is 9.88 Å². The number of Topliss-reactive ketones (excluding diaryl/α,β-unsaturated/α-hetero) is 1. The molecule has 1 saturated heterocycles. The zero-order chi connectivity index (χ0) is 14.4. The van der Waals surface area contributed by atoms with Crippen LogP contribution in [-0.2, 0) is 4.79 Å². The van der Waals surface area contributed by atoms with Gasteiger partial charge in [0.05, 0.1) is 0 Å². The number of hydrogen-bond donors (Lipinski definition) is 1. The van der Waals surface area contributed by atoms with E-state index in [0.29, 0.717) is 12.1 Å². The van der Waals surface area contributed by atoms with E-state index in [9.17, 15) is 9.59 Å². The van der Waals surface area contributed by atoms with Crippen LogP contribution in [0.15, 0.2) is 24.5 Å². The molecule has 0 saturated carbocycles. The third-order valence-electron chi connectivity index (χ3n) is 3.68. The number of ketones is 1. The molecule has 1 aliphatic rings. The lowest BCUT2D eigenvalue weighted by Gasteiger charge is -2.31. The summed E-state index contributed by atoms with van der Waals surface area (Å²) in [4.78, 5) is 29.6. The number of rotatable bonds is 5. The van der Waals surface area contributed by atoms with Gasteiger partial charge in [0.1, 0.15) is 0 Å². The monoisotopic (exact) mass is 276 g/mol. The molecule has 1 aromatic rings. The second-order valence-corrected chi connectivity index (χ2v) is 5.20. The Balaban J connectivity index is 1.81. The first-order valence-electron chi connectivity index (χ1n) is 7.02. The van der Waals surface area contributed by atoms with Crippen LogP contribution in [0, 0.1) is 5.92 Å². The summed E-state index contributed by atoms with van der Waals surface area (Å²) < 4.78 is 0. The van der Waals surface area contributed by atoms with Gasteiger partial charge in [0.25, 0.3) is 0 Å². The lowest BCUT2D eigenvalue weighted by atomic mass is 9.98. The number of carbonyl (C=O) groups excluding carboxylic acids is 2. The van der Waals surface area contributed by atoms with Gasteiger partial charge in [-0.05, 0) is 30.9 Å². The lowest BCUT2D eigenvalue weighted by molar-refractivity contribution is -0.133. The molecule has 0 spiro atoms. The van der Waals surface area contributed by atoms with Crippen LogP contribution in [0.4, 0.5) is 0 Å². The number of likely N-dealkylation sites (tertiary alicyclic amines) is 1. The number of piperidine rings is 1. The van der Waals surface area contributed by atoms with Gasteiger partial charge in [0.2, 0.25) is 5.91 Å². The molecule has 2 rings (SSSR count). The molecule has 1 N–H and O–H groups in total. The van der Waals surface area contributed by atoms with Crippen LogP contribution < -0.4 is 0 Å². The van der Waals surface area contributed by atoms with Crippen molar-refractivity contribution < 1.29 is 14.7 Å². The fraction of sp³-hybridized carbons (Fsp3) is 0.533. The summed E-state index contributed by atoms with van der Waals surface area (Å²) in [5, 5.41) is 9.16. The van der Waals surface area contributed by atoms with Crippen molar-refractivity contribution in [2.75, 3.05) is 19.7 Å². The number of aliphatic hydroxyl groups excluding tert-OH is 1. The van der Waals surface area contributed by atoms with Gasteiger partial charge in [-0.1, -0.05) is 0 Å². The van der Waals surface area contributed by atoms with E-state index in [1.165, 1.54) is 6.20 Å². The smallest absolute Gasteiger partial charge is 0.223 e. The first-order chi connectivity index (χ1) is 9.70. The maximum absolute atomic E-state index is 12.1. The molecule has 0 radical (unpaired) electrons. The number of amides is 1. The predicted molar refractivity (Wildman–Crippen MR) is 74.2 cm³/mol. The average Bonchev–Trinajstić information content (AvgIpc) is 2.53. The van der Waals surface area contributed by atoms with Gasteiger partial charge < -0.3 is 10.0 Å². The molecule has 20 heavy (non-hydrogen) atoms. The topological polar surface area (TPSA) is 70.5 Å². The Hall–Kier alpha value is -1.75. The second-order valence-electron chi connectivity index (χ2n) is 5.20. The molecule has 1 unspecified atom stereocenters. The van der Waals surface area contributed by atoms with Crippen molar-refractivity contribution in [2.24, 2.45) is 5.92 Å². The Morgan fingerprint density at radius 1 is 1.40 bits per heavy atom. The summed E-state index contributed by atoms with van der Waals surface area (Å²) in [6, 6.07) is 3.42. The molecule has 1 aromatic heterocycles. The van der Waals surface area contributed by atoms with Gasteiger partial charge in [-0.2, -0.15) is 0 Å². The molecule has 1 aliphatic heterocycles. The van der Waals surface area contributed by atoms with Crippen LogP contribution in [0.3, 0.4) is 0 Å². The van der Waals surface area contributed by atoms with E-state index in [2.05, 4.69) is 4.98 Å². The number of carbonyl (C=O) groups is 2. The summed E-state index contributed by atoms with van der Waals surface area (Å²) in [7, 11) is 0. The minimum absolute atomic E-state index is 0.000361. The van der Waals surface area contributed by atoms with Crippen molar-refractivity contribution in [2.45, 2.75) is 25.7 Å². The van der Waals surface area contributed by atoms with Crippen molar-refractivity contribution >= 4 is 11.7 Å². The van der Waals surface area contributed by atoms with Gasteiger partial charge >= 0.3 is 0 Å². The second kappa shape index (κ2) is 7.14. The quantitative estimate of drug-likeness (QED) is 0.822. The minimum Gasteiger partial charge on any atom is -0.396 e. The van der Waals surface area contributed by atoms with Crippen LogP contribution in [0.1, 0.15) is 36.0 Å². The number of pyridine rings is 1. The minimum atomic E-state index is -0.0535. The van der Waals surface area contributed by atoms with E-state index in [0.717, 1.165) is 19.4 Å². The first kappa shape index (κ1) is 14.7. The fourth-order valence-corrected chi connectivity index (χ4v) is 2.49. The molecule has 1 amide bonds. The highest BCUT2D eigenvalue weighted by Crippen LogP contribution is 2.17. The predicted octanol–water partition coefficient (Wildman–Crippen LogP) is 1.28. The van der Waals surface area contributed by atoms with Gasteiger partial charge in [0.15, 0.2) is 5.78 Å². The zero-order valence-corrected chi connectivity index (χ0v) is 11.5.